The van der Waals surface area contributed by atoms with Crippen molar-refractivity contribution in [2.75, 3.05) is 19.6 Å². The highest BCUT2D eigenvalue weighted by Gasteiger charge is 2.44. The van der Waals surface area contributed by atoms with E-state index >= 15 is 0 Å². The summed E-state index contributed by atoms with van der Waals surface area (Å²) in [5, 5.41) is 3.46. The van der Waals surface area contributed by atoms with Crippen molar-refractivity contribution in [3.8, 4) is 0 Å². The minimum absolute atomic E-state index is 0.284. The Morgan fingerprint density at radius 3 is 3.00 bits per heavy atom. The van der Waals surface area contributed by atoms with Crippen molar-refractivity contribution < 1.29 is 4.79 Å². The lowest BCUT2D eigenvalue weighted by Crippen LogP contribution is -2.37. The fourth-order valence-corrected chi connectivity index (χ4v) is 5.38. The van der Waals surface area contributed by atoms with Gasteiger partial charge in [0, 0.05) is 30.6 Å². The van der Waals surface area contributed by atoms with Crippen LogP contribution in [0.1, 0.15) is 39.9 Å². The number of likely N-dealkylation sites (tertiary alicyclic amines) is 1. The monoisotopic (exact) mass is 290 g/mol. The van der Waals surface area contributed by atoms with Gasteiger partial charge in [0.05, 0.1) is 4.88 Å². The van der Waals surface area contributed by atoms with Crippen molar-refractivity contribution in [3.63, 3.8) is 0 Å². The second kappa shape index (κ2) is 4.85. The first-order chi connectivity index (χ1) is 9.74. The van der Waals surface area contributed by atoms with Crippen molar-refractivity contribution in [3.05, 3.63) is 21.4 Å². The van der Waals surface area contributed by atoms with Crippen LogP contribution in [0.3, 0.4) is 0 Å². The first-order valence-electron chi connectivity index (χ1n) is 7.87. The molecule has 20 heavy (non-hydrogen) atoms. The van der Waals surface area contributed by atoms with Crippen LogP contribution in [0.25, 0.3) is 0 Å². The van der Waals surface area contributed by atoms with E-state index in [0.717, 1.165) is 24.5 Å². The summed E-state index contributed by atoms with van der Waals surface area (Å²) in [6.07, 6.45) is 4.92. The zero-order chi connectivity index (χ0) is 13.7. The molecule has 0 radical (unpaired) electrons. The van der Waals surface area contributed by atoms with Crippen molar-refractivity contribution in [2.45, 2.75) is 38.6 Å². The molecule has 3 unspecified atom stereocenters. The molecular weight excluding hydrogens is 268 g/mol. The van der Waals surface area contributed by atoms with Crippen molar-refractivity contribution in [1.29, 1.82) is 0 Å². The van der Waals surface area contributed by atoms with Gasteiger partial charge in [0.1, 0.15) is 0 Å². The Bertz CT molecular complexity index is 515. The highest BCUT2D eigenvalue weighted by atomic mass is 32.1. The second-order valence-corrected chi connectivity index (χ2v) is 7.68. The molecule has 0 saturated carbocycles. The molecule has 0 bridgehead atoms. The third-order valence-electron chi connectivity index (χ3n) is 5.40. The van der Waals surface area contributed by atoms with Gasteiger partial charge in [0.2, 0.25) is 0 Å². The molecule has 108 valence electrons. The summed E-state index contributed by atoms with van der Waals surface area (Å²) in [5.74, 6) is 1.61. The lowest BCUT2D eigenvalue weighted by molar-refractivity contribution is 0.0733. The van der Waals surface area contributed by atoms with Crippen LogP contribution < -0.4 is 5.32 Å². The maximum atomic E-state index is 12.8. The molecule has 3 heterocycles. The molecule has 4 heteroatoms. The predicted molar refractivity (Wildman–Crippen MR) is 81.3 cm³/mol. The number of thiophene rings is 1. The Labute approximate surface area is 124 Å². The minimum Gasteiger partial charge on any atom is -0.335 e. The van der Waals surface area contributed by atoms with Crippen molar-refractivity contribution in [1.82, 2.24) is 10.2 Å². The number of carbonyl (C=O) groups is 1. The molecule has 1 N–H and O–H groups in total. The molecule has 1 aliphatic carbocycles. The molecule has 2 saturated heterocycles. The Morgan fingerprint density at radius 2 is 2.20 bits per heavy atom. The molecule has 0 aromatic carbocycles. The van der Waals surface area contributed by atoms with Crippen molar-refractivity contribution in [2.24, 2.45) is 11.8 Å². The third-order valence-corrected chi connectivity index (χ3v) is 6.63. The Kier molecular flexibility index (Phi) is 3.11. The van der Waals surface area contributed by atoms with Gasteiger partial charge < -0.3 is 10.2 Å². The molecule has 3 aliphatic rings. The number of rotatable bonds is 1. The largest absolute Gasteiger partial charge is 0.335 e. The van der Waals surface area contributed by atoms with Crippen LogP contribution in [-0.4, -0.2) is 36.5 Å². The van der Waals surface area contributed by atoms with E-state index in [4.69, 9.17) is 0 Å². The average Bonchev–Trinajstić information content (AvgIpc) is 3.13. The minimum atomic E-state index is 0.284. The topological polar surface area (TPSA) is 32.3 Å². The molecule has 4 rings (SSSR count). The van der Waals surface area contributed by atoms with E-state index in [1.165, 1.54) is 36.1 Å². The fourth-order valence-electron chi connectivity index (χ4n) is 4.17. The van der Waals surface area contributed by atoms with Gasteiger partial charge in [-0.1, -0.05) is 0 Å². The van der Waals surface area contributed by atoms with E-state index < -0.39 is 0 Å². The van der Waals surface area contributed by atoms with Gasteiger partial charge in [-0.25, -0.2) is 0 Å². The molecule has 1 amide bonds. The molecule has 1 aromatic rings. The van der Waals surface area contributed by atoms with E-state index in [9.17, 15) is 4.79 Å². The molecule has 3 nitrogen and oxygen atoms in total. The number of amides is 1. The van der Waals surface area contributed by atoms with Crippen LogP contribution in [0.15, 0.2) is 6.07 Å². The summed E-state index contributed by atoms with van der Waals surface area (Å²) in [6.45, 7) is 5.33. The summed E-state index contributed by atoms with van der Waals surface area (Å²) in [7, 11) is 0. The molecule has 2 aliphatic heterocycles. The summed E-state index contributed by atoms with van der Waals surface area (Å²) in [6, 6.07) is 2.57. The zero-order valence-corrected chi connectivity index (χ0v) is 12.8. The van der Waals surface area contributed by atoms with Gasteiger partial charge in [-0.05, 0) is 56.1 Å². The number of fused-ring (bicyclic) bond motifs is 2. The van der Waals surface area contributed by atoms with Crippen LogP contribution in [0.4, 0.5) is 0 Å². The normalized spacial score (nSPS) is 32.2. The predicted octanol–water partition coefficient (Wildman–Crippen LogP) is 2.31. The highest BCUT2D eigenvalue weighted by Crippen LogP contribution is 2.36. The van der Waals surface area contributed by atoms with E-state index in [-0.39, 0.29) is 5.91 Å². The van der Waals surface area contributed by atoms with Gasteiger partial charge in [-0.15, -0.1) is 11.3 Å². The van der Waals surface area contributed by atoms with Crippen LogP contribution in [0, 0.1) is 11.8 Å². The number of aryl methyl sites for hydroxylation is 2. The van der Waals surface area contributed by atoms with E-state index in [1.54, 1.807) is 11.3 Å². The number of hydrogen-bond donors (Lipinski definition) is 1. The van der Waals surface area contributed by atoms with E-state index in [1.807, 2.05) is 0 Å². The van der Waals surface area contributed by atoms with Gasteiger partial charge in [-0.2, -0.15) is 0 Å². The smallest absolute Gasteiger partial charge is 0.264 e. The summed E-state index contributed by atoms with van der Waals surface area (Å²) in [5.41, 5.74) is 1.44. The zero-order valence-electron chi connectivity index (χ0n) is 12.0. The Balaban J connectivity index is 1.57. The van der Waals surface area contributed by atoms with Gasteiger partial charge >= 0.3 is 0 Å². The van der Waals surface area contributed by atoms with E-state index in [0.29, 0.717) is 17.9 Å². The van der Waals surface area contributed by atoms with Gasteiger partial charge in [0.15, 0.2) is 0 Å². The highest BCUT2D eigenvalue weighted by molar-refractivity contribution is 7.14. The summed E-state index contributed by atoms with van der Waals surface area (Å²) >= 11 is 1.75. The summed E-state index contributed by atoms with van der Waals surface area (Å²) < 4.78 is 0. The maximum Gasteiger partial charge on any atom is 0.264 e. The molecule has 0 spiro atoms. The standard InChI is InChI=1S/C16H22N2OS/c1-10-13-8-17-7-12(13)9-18(10)16(19)15-6-11-4-2-3-5-14(11)20-15/h6,10,12-13,17H,2-5,7-9H2,1H3. The molecular formula is C16H22N2OS. The Hall–Kier alpha value is -0.870. The van der Waals surface area contributed by atoms with Crippen LogP contribution >= 0.6 is 11.3 Å². The lowest BCUT2D eigenvalue weighted by Gasteiger charge is -2.23. The maximum absolute atomic E-state index is 12.8. The quantitative estimate of drug-likeness (QED) is 0.861. The van der Waals surface area contributed by atoms with Crippen LogP contribution in [0.2, 0.25) is 0 Å². The van der Waals surface area contributed by atoms with Gasteiger partial charge in [-0.3, -0.25) is 4.79 Å². The molecule has 1 aromatic heterocycles. The number of carbonyl (C=O) groups excluding carboxylic acids is 1. The Morgan fingerprint density at radius 1 is 1.35 bits per heavy atom. The van der Waals surface area contributed by atoms with Crippen molar-refractivity contribution >= 4 is 17.2 Å². The summed E-state index contributed by atoms with van der Waals surface area (Å²) in [4.78, 5) is 17.4. The van der Waals surface area contributed by atoms with Crippen LogP contribution in [0.5, 0.6) is 0 Å². The van der Waals surface area contributed by atoms with Gasteiger partial charge in [0.25, 0.3) is 5.91 Å². The average molecular weight is 290 g/mol. The molecule has 2 fully saturated rings. The first-order valence-corrected chi connectivity index (χ1v) is 8.69. The SMILES string of the molecule is CC1C2CNCC2CN1C(=O)c1cc2c(s1)CCCC2. The van der Waals surface area contributed by atoms with Crippen LogP contribution in [-0.2, 0) is 12.8 Å². The molecule has 3 atom stereocenters. The third kappa shape index (κ3) is 1.92. The second-order valence-electron chi connectivity index (χ2n) is 6.55. The lowest BCUT2D eigenvalue weighted by atomic mass is 9.95. The van der Waals surface area contributed by atoms with E-state index in [2.05, 4.69) is 23.2 Å². The number of nitrogens with zero attached hydrogens (tertiary/aromatic N) is 1. The number of nitrogens with one attached hydrogen (secondary N) is 1. The number of hydrogen-bond acceptors (Lipinski definition) is 3. The fraction of sp³-hybridized carbons (Fsp3) is 0.688. The first kappa shape index (κ1) is 12.8.